The Kier molecular flexibility index (Phi) is 4.24. The predicted molar refractivity (Wildman–Crippen MR) is 89.1 cm³/mol. The molecular formula is C19H16FNO2. The molecule has 0 aliphatic carbocycles. The lowest BCUT2D eigenvalue weighted by Gasteiger charge is -2.15. The Morgan fingerprint density at radius 2 is 1.78 bits per heavy atom. The molecule has 3 nitrogen and oxygen atoms in total. The molecule has 23 heavy (non-hydrogen) atoms. The summed E-state index contributed by atoms with van der Waals surface area (Å²) in [6.45, 7) is 1.63. The van der Waals surface area contributed by atoms with Crippen molar-refractivity contribution in [2.75, 3.05) is 5.32 Å². The Labute approximate surface area is 133 Å². The molecule has 0 bridgehead atoms. The molecule has 0 spiro atoms. The summed E-state index contributed by atoms with van der Waals surface area (Å²) in [7, 11) is 0. The molecule has 3 aromatic rings. The molecule has 1 amide bonds. The molecule has 3 rings (SSSR count). The minimum Gasteiger partial charge on any atom is -0.481 e. The molecule has 0 aliphatic rings. The van der Waals surface area contributed by atoms with Crippen LogP contribution in [-0.4, -0.2) is 12.0 Å². The van der Waals surface area contributed by atoms with E-state index in [9.17, 15) is 9.18 Å². The fraction of sp³-hybridized carbons (Fsp3) is 0.105. The Morgan fingerprint density at radius 1 is 1.00 bits per heavy atom. The first kappa shape index (κ1) is 15.0. The molecule has 0 fully saturated rings. The van der Waals surface area contributed by atoms with E-state index in [1.165, 1.54) is 12.1 Å². The Morgan fingerprint density at radius 3 is 2.57 bits per heavy atom. The number of hydrogen-bond acceptors (Lipinski definition) is 2. The first-order valence-electron chi connectivity index (χ1n) is 7.34. The van der Waals surface area contributed by atoms with Crippen molar-refractivity contribution in [3.8, 4) is 5.75 Å². The second-order valence-electron chi connectivity index (χ2n) is 5.27. The summed E-state index contributed by atoms with van der Waals surface area (Å²) < 4.78 is 18.6. The highest BCUT2D eigenvalue weighted by atomic mass is 19.1. The number of benzene rings is 3. The van der Waals surface area contributed by atoms with E-state index in [-0.39, 0.29) is 5.91 Å². The lowest BCUT2D eigenvalue weighted by Crippen LogP contribution is -2.30. The summed E-state index contributed by atoms with van der Waals surface area (Å²) in [5, 5.41) is 4.96. The number of rotatable bonds is 4. The van der Waals surface area contributed by atoms with E-state index in [0.717, 1.165) is 10.8 Å². The normalized spacial score (nSPS) is 11.9. The highest BCUT2D eigenvalue weighted by Crippen LogP contribution is 2.19. The first-order chi connectivity index (χ1) is 11.1. The number of fused-ring (bicyclic) bond motifs is 1. The molecule has 0 aliphatic heterocycles. The largest absolute Gasteiger partial charge is 0.481 e. The summed E-state index contributed by atoms with van der Waals surface area (Å²) in [5.74, 6) is -0.361. The minimum absolute atomic E-state index is 0.287. The SMILES string of the molecule is C[C@@H](Oc1cccc(F)c1)C(=O)Nc1ccc2ccccc2c1. The van der Waals surface area contributed by atoms with Gasteiger partial charge in [-0.25, -0.2) is 4.39 Å². The maximum absolute atomic E-state index is 13.1. The van der Waals surface area contributed by atoms with Crippen molar-refractivity contribution in [2.24, 2.45) is 0 Å². The van der Waals surface area contributed by atoms with Gasteiger partial charge in [0.2, 0.25) is 0 Å². The second kappa shape index (κ2) is 6.48. The van der Waals surface area contributed by atoms with E-state index in [1.807, 2.05) is 42.5 Å². The lowest BCUT2D eigenvalue weighted by molar-refractivity contribution is -0.122. The molecule has 0 unspecified atom stereocenters. The monoisotopic (exact) mass is 309 g/mol. The van der Waals surface area contributed by atoms with Crippen LogP contribution in [0.3, 0.4) is 0 Å². The van der Waals surface area contributed by atoms with Crippen molar-refractivity contribution < 1.29 is 13.9 Å². The third-order valence-corrected chi connectivity index (χ3v) is 3.50. The van der Waals surface area contributed by atoms with Crippen LogP contribution in [0.25, 0.3) is 10.8 Å². The Bertz CT molecular complexity index is 847. The molecular weight excluding hydrogens is 293 g/mol. The molecule has 0 saturated carbocycles. The van der Waals surface area contributed by atoms with Crippen LogP contribution in [0.1, 0.15) is 6.92 Å². The smallest absolute Gasteiger partial charge is 0.265 e. The van der Waals surface area contributed by atoms with Gasteiger partial charge in [-0.1, -0.05) is 36.4 Å². The summed E-state index contributed by atoms with van der Waals surface area (Å²) >= 11 is 0. The van der Waals surface area contributed by atoms with E-state index in [2.05, 4.69) is 5.32 Å². The third kappa shape index (κ3) is 3.66. The summed E-state index contributed by atoms with van der Waals surface area (Å²) in [5.41, 5.74) is 0.698. The lowest BCUT2D eigenvalue weighted by atomic mass is 10.1. The van der Waals surface area contributed by atoms with Gasteiger partial charge in [-0.05, 0) is 42.0 Å². The van der Waals surface area contributed by atoms with Crippen LogP contribution < -0.4 is 10.1 Å². The Balaban J connectivity index is 1.69. The van der Waals surface area contributed by atoms with Crippen LogP contribution in [0.15, 0.2) is 66.7 Å². The molecule has 1 N–H and O–H groups in total. The molecule has 116 valence electrons. The quantitative estimate of drug-likeness (QED) is 0.776. The highest BCUT2D eigenvalue weighted by Gasteiger charge is 2.15. The van der Waals surface area contributed by atoms with Gasteiger partial charge in [0.05, 0.1) is 0 Å². The minimum atomic E-state index is -0.733. The van der Waals surface area contributed by atoms with Crippen LogP contribution in [0, 0.1) is 5.82 Å². The topological polar surface area (TPSA) is 38.3 Å². The number of hydrogen-bond donors (Lipinski definition) is 1. The molecule has 1 atom stereocenters. The van der Waals surface area contributed by atoms with Crippen molar-refractivity contribution in [2.45, 2.75) is 13.0 Å². The zero-order valence-corrected chi connectivity index (χ0v) is 12.6. The van der Waals surface area contributed by atoms with Crippen molar-refractivity contribution in [3.63, 3.8) is 0 Å². The molecule has 3 aromatic carbocycles. The van der Waals surface area contributed by atoms with Gasteiger partial charge in [-0.2, -0.15) is 0 Å². The van der Waals surface area contributed by atoms with Gasteiger partial charge in [0.15, 0.2) is 6.10 Å². The molecule has 0 radical (unpaired) electrons. The Hall–Kier alpha value is -2.88. The van der Waals surface area contributed by atoms with E-state index in [1.54, 1.807) is 19.1 Å². The summed E-state index contributed by atoms with van der Waals surface area (Å²) in [6, 6.07) is 19.3. The average molecular weight is 309 g/mol. The third-order valence-electron chi connectivity index (χ3n) is 3.50. The molecule has 0 saturated heterocycles. The van der Waals surface area contributed by atoms with Gasteiger partial charge in [0, 0.05) is 11.8 Å². The maximum Gasteiger partial charge on any atom is 0.265 e. The first-order valence-corrected chi connectivity index (χ1v) is 7.34. The van der Waals surface area contributed by atoms with E-state index < -0.39 is 11.9 Å². The number of halogens is 1. The number of ether oxygens (including phenoxy) is 1. The van der Waals surface area contributed by atoms with Gasteiger partial charge < -0.3 is 10.1 Å². The van der Waals surface area contributed by atoms with Crippen LogP contribution in [0.5, 0.6) is 5.75 Å². The van der Waals surface area contributed by atoms with Crippen LogP contribution >= 0.6 is 0 Å². The van der Waals surface area contributed by atoms with Crippen LogP contribution in [-0.2, 0) is 4.79 Å². The van der Waals surface area contributed by atoms with Crippen LogP contribution in [0.2, 0.25) is 0 Å². The van der Waals surface area contributed by atoms with Crippen molar-refractivity contribution >= 4 is 22.4 Å². The summed E-state index contributed by atoms with van der Waals surface area (Å²) in [6.07, 6.45) is -0.733. The van der Waals surface area contributed by atoms with Gasteiger partial charge in [0.25, 0.3) is 5.91 Å². The predicted octanol–water partition coefficient (Wildman–Crippen LogP) is 4.38. The molecule has 4 heteroatoms. The molecule has 0 heterocycles. The number of carbonyl (C=O) groups excluding carboxylic acids is 1. The number of amides is 1. The fourth-order valence-electron chi connectivity index (χ4n) is 2.31. The van der Waals surface area contributed by atoms with Crippen molar-refractivity contribution in [1.82, 2.24) is 0 Å². The maximum atomic E-state index is 13.1. The number of anilines is 1. The number of carbonyl (C=O) groups is 1. The van der Waals surface area contributed by atoms with Gasteiger partial charge in [-0.3, -0.25) is 4.79 Å². The zero-order chi connectivity index (χ0) is 16.2. The number of nitrogens with one attached hydrogen (secondary N) is 1. The van der Waals surface area contributed by atoms with E-state index in [4.69, 9.17) is 4.74 Å². The molecule has 0 aromatic heterocycles. The second-order valence-corrected chi connectivity index (χ2v) is 5.27. The van der Waals surface area contributed by atoms with E-state index >= 15 is 0 Å². The van der Waals surface area contributed by atoms with Gasteiger partial charge in [-0.15, -0.1) is 0 Å². The van der Waals surface area contributed by atoms with Crippen LogP contribution in [0.4, 0.5) is 10.1 Å². The van der Waals surface area contributed by atoms with Gasteiger partial charge in [0.1, 0.15) is 11.6 Å². The van der Waals surface area contributed by atoms with E-state index in [0.29, 0.717) is 11.4 Å². The average Bonchev–Trinajstić information content (AvgIpc) is 2.54. The highest BCUT2D eigenvalue weighted by molar-refractivity contribution is 5.96. The zero-order valence-electron chi connectivity index (χ0n) is 12.6. The van der Waals surface area contributed by atoms with Gasteiger partial charge >= 0.3 is 0 Å². The standard InChI is InChI=1S/C19H16FNO2/c1-13(23-18-8-4-7-16(20)12-18)19(22)21-17-10-9-14-5-2-3-6-15(14)11-17/h2-13H,1H3,(H,21,22)/t13-/m1/s1. The van der Waals surface area contributed by atoms with Crippen molar-refractivity contribution in [1.29, 1.82) is 0 Å². The van der Waals surface area contributed by atoms with Crippen molar-refractivity contribution in [3.05, 3.63) is 72.5 Å². The summed E-state index contributed by atoms with van der Waals surface area (Å²) in [4.78, 5) is 12.2. The fourth-order valence-corrected chi connectivity index (χ4v) is 2.31.